The van der Waals surface area contributed by atoms with Gasteiger partial charge in [0.2, 0.25) is 5.95 Å². The van der Waals surface area contributed by atoms with Crippen LogP contribution in [0.1, 0.15) is 95.2 Å². The number of hydrogen-bond donors (Lipinski definition) is 2. The molecule has 2 amide bonds. The first-order chi connectivity index (χ1) is 26.1. The van der Waals surface area contributed by atoms with E-state index in [9.17, 15) is 4.79 Å². The number of carbonyl (C=O) groups is 1. The van der Waals surface area contributed by atoms with Gasteiger partial charge in [-0.1, -0.05) is 45.0 Å². The number of likely N-dealkylation sites (tertiary alicyclic amines) is 1. The Kier molecular flexibility index (Phi) is 10.1. The highest BCUT2D eigenvalue weighted by Gasteiger charge is 2.31. The van der Waals surface area contributed by atoms with E-state index in [4.69, 9.17) is 14.6 Å². The zero-order valence-electron chi connectivity index (χ0n) is 32.1. The number of hydrogen-bond acceptors (Lipinski definition) is 9. The van der Waals surface area contributed by atoms with Gasteiger partial charge in [0.15, 0.2) is 5.65 Å². The largest absolute Gasteiger partial charge is 0.484 e. The van der Waals surface area contributed by atoms with E-state index in [1.165, 1.54) is 6.42 Å². The lowest BCUT2D eigenvalue weighted by atomic mass is 9.85. The normalized spacial score (nSPS) is 22.1. The Hall–Kier alpha value is -4.95. The highest BCUT2D eigenvalue weighted by molar-refractivity contribution is 5.89. The number of nitrogens with one attached hydrogen (secondary N) is 2. The molecule has 1 aliphatic carbocycles. The first kappa shape index (κ1) is 36.0. The number of ether oxygens (including phenoxy) is 2. The van der Waals surface area contributed by atoms with E-state index in [0.717, 1.165) is 105 Å². The Bertz CT molecular complexity index is 2080. The monoisotopic (exact) mass is 735 g/mol. The molecule has 0 saturated carbocycles. The first-order valence-electron chi connectivity index (χ1n) is 19.5. The highest BCUT2D eigenvalue weighted by atomic mass is 16.5. The van der Waals surface area contributed by atoms with Crippen molar-refractivity contribution in [2.45, 2.75) is 102 Å². The van der Waals surface area contributed by atoms with Gasteiger partial charge < -0.3 is 19.7 Å². The average molecular weight is 736 g/mol. The van der Waals surface area contributed by atoms with Crippen LogP contribution in [0.15, 0.2) is 61.1 Å². The third-order valence-electron chi connectivity index (χ3n) is 11.2. The molecule has 4 atom stereocenters. The van der Waals surface area contributed by atoms with Crippen molar-refractivity contribution in [1.82, 2.24) is 44.4 Å². The Morgan fingerprint density at radius 1 is 0.963 bits per heavy atom. The second kappa shape index (κ2) is 15.1. The number of fused-ring (bicyclic) bond motifs is 2. The molecule has 2 aliphatic heterocycles. The topological polar surface area (TPSA) is 132 Å². The van der Waals surface area contributed by atoms with Crippen LogP contribution >= 0.6 is 0 Å². The molecule has 0 bridgehead atoms. The fourth-order valence-electron chi connectivity index (χ4n) is 8.07. The molecule has 6 heterocycles. The molecular weight excluding hydrogens is 683 g/mol. The molecule has 8 rings (SSSR count). The SMILES string of the molecule is COC1CCN(CCn2cc(-n3nc(C(C)(C)C)cc3NC(=O)NC3CCC(Oc4ccc5nnc(N6CCCCC6C)n5c4)c4ccccc43)cn2)C1. The van der Waals surface area contributed by atoms with E-state index in [1.54, 1.807) is 18.0 Å². The van der Waals surface area contributed by atoms with Crippen LogP contribution in [0, 0.1) is 0 Å². The van der Waals surface area contributed by atoms with E-state index < -0.39 is 0 Å². The Morgan fingerprint density at radius 2 is 1.81 bits per heavy atom. The summed E-state index contributed by atoms with van der Waals surface area (Å²) in [4.78, 5) is 18.5. The molecule has 4 unspecified atom stereocenters. The fraction of sp³-hybridized carbons (Fsp3) is 0.525. The van der Waals surface area contributed by atoms with Crippen molar-refractivity contribution in [2.75, 3.05) is 43.5 Å². The van der Waals surface area contributed by atoms with Crippen LogP contribution < -0.4 is 20.3 Å². The van der Waals surface area contributed by atoms with Crippen molar-refractivity contribution >= 4 is 23.4 Å². The average Bonchev–Trinajstić information content (AvgIpc) is 3.98. The number of benzene rings is 1. The molecule has 2 fully saturated rings. The molecule has 0 spiro atoms. The van der Waals surface area contributed by atoms with Gasteiger partial charge in [0, 0.05) is 50.8 Å². The van der Waals surface area contributed by atoms with Gasteiger partial charge in [0.1, 0.15) is 23.4 Å². The number of urea groups is 1. The van der Waals surface area contributed by atoms with Crippen molar-refractivity contribution in [2.24, 2.45) is 0 Å². The van der Waals surface area contributed by atoms with Gasteiger partial charge in [-0.05, 0) is 68.7 Å². The van der Waals surface area contributed by atoms with E-state index in [2.05, 4.69) is 75.6 Å². The minimum absolute atomic E-state index is 0.159. The molecular formula is C40H53N11O3. The first-order valence-corrected chi connectivity index (χ1v) is 19.5. The smallest absolute Gasteiger partial charge is 0.320 e. The Balaban J connectivity index is 0.956. The van der Waals surface area contributed by atoms with E-state index in [1.807, 2.05) is 51.8 Å². The summed E-state index contributed by atoms with van der Waals surface area (Å²) in [6.45, 7) is 13.2. The molecule has 2 saturated heterocycles. The lowest BCUT2D eigenvalue weighted by Crippen LogP contribution is -2.38. The molecule has 286 valence electrons. The van der Waals surface area contributed by atoms with Crippen molar-refractivity contribution in [1.29, 1.82) is 0 Å². The van der Waals surface area contributed by atoms with Gasteiger partial charge in [-0.15, -0.1) is 10.2 Å². The summed E-state index contributed by atoms with van der Waals surface area (Å²) in [5.74, 6) is 2.22. The van der Waals surface area contributed by atoms with Crippen LogP contribution in [-0.2, 0) is 16.7 Å². The van der Waals surface area contributed by atoms with Gasteiger partial charge in [-0.25, -0.2) is 9.48 Å². The lowest BCUT2D eigenvalue weighted by Gasteiger charge is -2.33. The molecule has 4 aromatic heterocycles. The number of anilines is 2. The van der Waals surface area contributed by atoms with Crippen LogP contribution in [-0.4, -0.2) is 90.5 Å². The van der Waals surface area contributed by atoms with Crippen molar-refractivity contribution in [3.05, 3.63) is 77.9 Å². The molecule has 54 heavy (non-hydrogen) atoms. The highest BCUT2D eigenvalue weighted by Crippen LogP contribution is 2.39. The van der Waals surface area contributed by atoms with Crippen molar-refractivity contribution < 1.29 is 14.3 Å². The Labute approximate surface area is 316 Å². The van der Waals surface area contributed by atoms with Gasteiger partial charge in [0.25, 0.3) is 0 Å². The maximum Gasteiger partial charge on any atom is 0.320 e. The number of carbonyl (C=O) groups excluding carboxylic acids is 1. The summed E-state index contributed by atoms with van der Waals surface area (Å²) in [7, 11) is 1.78. The van der Waals surface area contributed by atoms with Crippen molar-refractivity contribution in [3.63, 3.8) is 0 Å². The number of amides is 2. The molecule has 0 radical (unpaired) electrons. The maximum absolute atomic E-state index is 13.7. The maximum atomic E-state index is 13.7. The van der Waals surface area contributed by atoms with E-state index in [-0.39, 0.29) is 23.6 Å². The second-order valence-corrected chi connectivity index (χ2v) is 16.1. The minimum Gasteiger partial charge on any atom is -0.484 e. The van der Waals surface area contributed by atoms with E-state index in [0.29, 0.717) is 18.0 Å². The zero-order chi connectivity index (χ0) is 37.4. The molecule has 14 nitrogen and oxygen atoms in total. The summed E-state index contributed by atoms with van der Waals surface area (Å²) in [6, 6.07) is 14.1. The molecule has 3 aliphatic rings. The van der Waals surface area contributed by atoms with Crippen LogP contribution in [0.5, 0.6) is 5.75 Å². The van der Waals surface area contributed by atoms with Gasteiger partial charge in [-0.2, -0.15) is 10.2 Å². The van der Waals surface area contributed by atoms with Gasteiger partial charge in [-0.3, -0.25) is 19.3 Å². The number of nitrogens with zero attached hydrogens (tertiary/aromatic N) is 9. The summed E-state index contributed by atoms with van der Waals surface area (Å²) >= 11 is 0. The summed E-state index contributed by atoms with van der Waals surface area (Å²) in [6.07, 6.45) is 12.0. The predicted octanol–water partition coefficient (Wildman–Crippen LogP) is 6.29. The number of pyridine rings is 1. The minimum atomic E-state index is -0.289. The van der Waals surface area contributed by atoms with E-state index >= 15 is 0 Å². The van der Waals surface area contributed by atoms with Crippen LogP contribution in [0.2, 0.25) is 0 Å². The third kappa shape index (κ3) is 7.54. The van der Waals surface area contributed by atoms with Crippen LogP contribution in [0.3, 0.4) is 0 Å². The van der Waals surface area contributed by atoms with Crippen LogP contribution in [0.4, 0.5) is 16.6 Å². The predicted molar refractivity (Wildman–Crippen MR) is 207 cm³/mol. The lowest BCUT2D eigenvalue weighted by molar-refractivity contribution is 0.107. The Morgan fingerprint density at radius 3 is 2.61 bits per heavy atom. The summed E-state index contributed by atoms with van der Waals surface area (Å²) in [5, 5.41) is 24.9. The van der Waals surface area contributed by atoms with Crippen LogP contribution in [0.25, 0.3) is 11.3 Å². The quantitative estimate of drug-likeness (QED) is 0.170. The third-order valence-corrected chi connectivity index (χ3v) is 11.2. The number of methoxy groups -OCH3 is 1. The molecule has 5 aromatic rings. The second-order valence-electron chi connectivity index (χ2n) is 16.1. The molecule has 2 N–H and O–H groups in total. The number of piperidine rings is 1. The summed E-state index contributed by atoms with van der Waals surface area (Å²) in [5.41, 5.74) is 4.38. The molecule has 1 aromatic carbocycles. The number of rotatable bonds is 10. The molecule has 14 heteroatoms. The summed E-state index contributed by atoms with van der Waals surface area (Å²) < 4.78 is 18.0. The fourth-order valence-corrected chi connectivity index (χ4v) is 8.07. The van der Waals surface area contributed by atoms with Gasteiger partial charge >= 0.3 is 6.03 Å². The zero-order valence-corrected chi connectivity index (χ0v) is 32.1. The number of aromatic nitrogens is 7. The van der Waals surface area contributed by atoms with Crippen molar-refractivity contribution in [3.8, 4) is 11.4 Å². The van der Waals surface area contributed by atoms with Gasteiger partial charge in [0.05, 0.1) is 43.0 Å². The standard InChI is InChI=1S/C40H53N11O3/c1-27-10-8-9-18-49(27)39-45-44-36-16-13-30(26-50(36)39)54-34-15-14-33(31-11-6-7-12-32(31)34)42-38(52)43-37-22-35(40(2,3)4)46-51(37)28-23-41-48(24-28)21-20-47-19-17-29(25-47)53-5/h6-7,11-13,16,22-24,26-27,29,33-34H,8-10,14-15,17-21,25H2,1-5H3,(H2,42,43,52).